The monoisotopic (exact) mass is 238 g/mol. The zero-order chi connectivity index (χ0) is 12.5. The lowest BCUT2D eigenvalue weighted by atomic mass is 10.3. The van der Waals surface area contributed by atoms with Gasteiger partial charge in [0.25, 0.3) is 0 Å². The summed E-state index contributed by atoms with van der Waals surface area (Å²) >= 11 is 0. The van der Waals surface area contributed by atoms with Crippen molar-refractivity contribution >= 4 is 5.97 Å². The molecule has 94 valence electrons. The summed E-state index contributed by atoms with van der Waals surface area (Å²) in [5.74, 6) is 0.838. The van der Waals surface area contributed by atoms with Gasteiger partial charge in [-0.05, 0) is 25.5 Å². The molecule has 1 rings (SSSR count). The van der Waals surface area contributed by atoms with Gasteiger partial charge in [0, 0.05) is 0 Å². The highest BCUT2D eigenvalue weighted by molar-refractivity contribution is 5.71. The summed E-state index contributed by atoms with van der Waals surface area (Å²) < 4.78 is 15.6. The first-order valence-electron chi connectivity index (χ1n) is 5.78. The van der Waals surface area contributed by atoms with Crippen molar-refractivity contribution in [2.75, 3.05) is 19.8 Å². The molecule has 17 heavy (non-hydrogen) atoms. The molecule has 1 aromatic carbocycles. The van der Waals surface area contributed by atoms with Crippen LogP contribution < -0.4 is 9.47 Å². The van der Waals surface area contributed by atoms with E-state index in [0.29, 0.717) is 24.7 Å². The molecule has 0 aromatic heterocycles. The van der Waals surface area contributed by atoms with Crippen molar-refractivity contribution < 1.29 is 19.0 Å². The minimum absolute atomic E-state index is 0.0969. The van der Waals surface area contributed by atoms with Gasteiger partial charge >= 0.3 is 5.97 Å². The number of esters is 1. The molecule has 0 heterocycles. The molecular formula is C13H18O4. The standard InChI is InChI=1S/C13H18O4/c1-3-9-16-11-7-5-6-8-12(11)17-10-13(14)15-4-2/h5-8H,3-4,9-10H2,1-2H3. The summed E-state index contributed by atoms with van der Waals surface area (Å²) in [6, 6.07) is 7.28. The molecule has 0 N–H and O–H groups in total. The summed E-state index contributed by atoms with van der Waals surface area (Å²) in [7, 11) is 0. The van der Waals surface area contributed by atoms with Gasteiger partial charge in [0.2, 0.25) is 0 Å². The molecule has 0 atom stereocenters. The van der Waals surface area contributed by atoms with Crippen molar-refractivity contribution in [2.24, 2.45) is 0 Å². The number of para-hydroxylation sites is 2. The van der Waals surface area contributed by atoms with Crippen LogP contribution in [-0.2, 0) is 9.53 Å². The van der Waals surface area contributed by atoms with Crippen LogP contribution in [0.25, 0.3) is 0 Å². The number of carbonyl (C=O) groups excluding carboxylic acids is 1. The second kappa shape index (κ2) is 7.54. The number of carbonyl (C=O) groups is 1. The maximum Gasteiger partial charge on any atom is 0.344 e. The lowest BCUT2D eigenvalue weighted by molar-refractivity contribution is -0.145. The van der Waals surface area contributed by atoms with Crippen molar-refractivity contribution in [3.63, 3.8) is 0 Å². The number of hydrogen-bond donors (Lipinski definition) is 0. The van der Waals surface area contributed by atoms with E-state index < -0.39 is 0 Å². The van der Waals surface area contributed by atoms with Crippen LogP contribution in [0.4, 0.5) is 0 Å². The number of benzene rings is 1. The third kappa shape index (κ3) is 4.76. The molecule has 0 aliphatic rings. The van der Waals surface area contributed by atoms with Gasteiger partial charge in [-0.1, -0.05) is 19.1 Å². The Bertz CT molecular complexity index is 349. The molecule has 0 radical (unpaired) electrons. The Morgan fingerprint density at radius 3 is 2.35 bits per heavy atom. The number of hydrogen-bond acceptors (Lipinski definition) is 4. The molecule has 1 aromatic rings. The van der Waals surface area contributed by atoms with E-state index in [-0.39, 0.29) is 12.6 Å². The maximum atomic E-state index is 11.2. The fraction of sp³-hybridized carbons (Fsp3) is 0.462. The van der Waals surface area contributed by atoms with Crippen LogP contribution in [0.2, 0.25) is 0 Å². The summed E-state index contributed by atoms with van der Waals surface area (Å²) in [6.45, 7) is 4.68. The Morgan fingerprint density at radius 2 is 1.76 bits per heavy atom. The second-order valence-corrected chi connectivity index (χ2v) is 3.39. The molecule has 0 saturated carbocycles. The highest BCUT2D eigenvalue weighted by Gasteiger charge is 2.07. The third-order valence-corrected chi connectivity index (χ3v) is 1.96. The predicted molar refractivity (Wildman–Crippen MR) is 64.4 cm³/mol. The van der Waals surface area contributed by atoms with E-state index in [1.165, 1.54) is 0 Å². The Kier molecular flexibility index (Phi) is 5.93. The average molecular weight is 238 g/mol. The topological polar surface area (TPSA) is 44.8 Å². The zero-order valence-corrected chi connectivity index (χ0v) is 10.3. The van der Waals surface area contributed by atoms with Gasteiger partial charge in [-0.15, -0.1) is 0 Å². The van der Waals surface area contributed by atoms with E-state index in [1.807, 2.05) is 25.1 Å². The predicted octanol–water partition coefficient (Wildman–Crippen LogP) is 2.42. The van der Waals surface area contributed by atoms with Crippen LogP contribution in [0.1, 0.15) is 20.3 Å². The first-order chi connectivity index (χ1) is 8.27. The Hall–Kier alpha value is -1.71. The van der Waals surface area contributed by atoms with Crippen molar-refractivity contribution in [1.29, 1.82) is 0 Å². The van der Waals surface area contributed by atoms with Crippen LogP contribution in [0.15, 0.2) is 24.3 Å². The van der Waals surface area contributed by atoms with Gasteiger partial charge in [0.05, 0.1) is 13.2 Å². The van der Waals surface area contributed by atoms with Gasteiger partial charge in [-0.25, -0.2) is 4.79 Å². The van der Waals surface area contributed by atoms with Crippen molar-refractivity contribution in [2.45, 2.75) is 20.3 Å². The van der Waals surface area contributed by atoms with Gasteiger partial charge in [-0.2, -0.15) is 0 Å². The second-order valence-electron chi connectivity index (χ2n) is 3.39. The van der Waals surface area contributed by atoms with E-state index >= 15 is 0 Å². The van der Waals surface area contributed by atoms with Gasteiger partial charge in [0.15, 0.2) is 18.1 Å². The summed E-state index contributed by atoms with van der Waals surface area (Å²) in [5, 5.41) is 0. The largest absolute Gasteiger partial charge is 0.490 e. The van der Waals surface area contributed by atoms with Crippen LogP contribution in [0, 0.1) is 0 Å². The summed E-state index contributed by atoms with van der Waals surface area (Å²) in [4.78, 5) is 11.2. The average Bonchev–Trinajstić information content (AvgIpc) is 2.35. The van der Waals surface area contributed by atoms with Gasteiger partial charge < -0.3 is 14.2 Å². The fourth-order valence-corrected chi connectivity index (χ4v) is 1.24. The quantitative estimate of drug-likeness (QED) is 0.684. The Labute approximate surface area is 101 Å². The molecule has 0 unspecified atom stereocenters. The van der Waals surface area contributed by atoms with Crippen molar-refractivity contribution in [3.05, 3.63) is 24.3 Å². The van der Waals surface area contributed by atoms with Gasteiger partial charge in [0.1, 0.15) is 0 Å². The molecule has 0 aliphatic carbocycles. The molecule has 0 fully saturated rings. The number of rotatable bonds is 7. The maximum absolute atomic E-state index is 11.2. The van der Waals surface area contributed by atoms with E-state index in [1.54, 1.807) is 13.0 Å². The molecule has 0 aliphatic heterocycles. The van der Waals surface area contributed by atoms with E-state index in [2.05, 4.69) is 0 Å². The van der Waals surface area contributed by atoms with E-state index in [4.69, 9.17) is 14.2 Å². The molecule has 4 nitrogen and oxygen atoms in total. The molecule has 0 spiro atoms. The smallest absolute Gasteiger partial charge is 0.344 e. The molecule has 0 amide bonds. The summed E-state index contributed by atoms with van der Waals surface area (Å²) in [6.07, 6.45) is 0.923. The SMILES string of the molecule is CCCOc1ccccc1OCC(=O)OCC. The minimum atomic E-state index is -0.377. The molecular weight excluding hydrogens is 220 g/mol. The normalized spacial score (nSPS) is 9.76. The zero-order valence-electron chi connectivity index (χ0n) is 10.3. The van der Waals surface area contributed by atoms with E-state index in [9.17, 15) is 4.79 Å². The van der Waals surface area contributed by atoms with Crippen LogP contribution >= 0.6 is 0 Å². The molecule has 0 saturated heterocycles. The van der Waals surface area contributed by atoms with Gasteiger partial charge in [-0.3, -0.25) is 0 Å². The van der Waals surface area contributed by atoms with Crippen LogP contribution in [-0.4, -0.2) is 25.8 Å². The first-order valence-corrected chi connectivity index (χ1v) is 5.78. The lowest BCUT2D eigenvalue weighted by Crippen LogP contribution is -2.15. The van der Waals surface area contributed by atoms with Crippen molar-refractivity contribution in [3.8, 4) is 11.5 Å². The highest BCUT2D eigenvalue weighted by Crippen LogP contribution is 2.26. The highest BCUT2D eigenvalue weighted by atomic mass is 16.6. The minimum Gasteiger partial charge on any atom is -0.490 e. The summed E-state index contributed by atoms with van der Waals surface area (Å²) in [5.41, 5.74) is 0. The fourth-order valence-electron chi connectivity index (χ4n) is 1.24. The third-order valence-electron chi connectivity index (χ3n) is 1.96. The molecule has 0 bridgehead atoms. The Morgan fingerprint density at radius 1 is 1.12 bits per heavy atom. The Balaban J connectivity index is 2.54. The van der Waals surface area contributed by atoms with Crippen LogP contribution in [0.3, 0.4) is 0 Å². The lowest BCUT2D eigenvalue weighted by Gasteiger charge is -2.11. The van der Waals surface area contributed by atoms with Crippen molar-refractivity contribution in [1.82, 2.24) is 0 Å². The number of ether oxygens (including phenoxy) is 3. The first kappa shape index (κ1) is 13.4. The van der Waals surface area contributed by atoms with Crippen LogP contribution in [0.5, 0.6) is 11.5 Å². The molecule has 4 heteroatoms. The van der Waals surface area contributed by atoms with E-state index in [0.717, 1.165) is 6.42 Å².